The van der Waals surface area contributed by atoms with Gasteiger partial charge in [-0.3, -0.25) is 4.79 Å². The Morgan fingerprint density at radius 3 is 2.44 bits per heavy atom. The SMILES string of the molecule is CC[C@H](O)CN1CCC2(CC1)CC(=O)N(Cc1cc(F)cc(F)c1)C2. The van der Waals surface area contributed by atoms with Crippen molar-refractivity contribution in [3.05, 3.63) is 35.4 Å². The lowest BCUT2D eigenvalue weighted by Crippen LogP contribution is -2.44. The Morgan fingerprint density at radius 2 is 1.84 bits per heavy atom. The van der Waals surface area contributed by atoms with E-state index in [0.717, 1.165) is 38.4 Å². The zero-order valence-electron chi connectivity index (χ0n) is 14.7. The second-order valence-corrected chi connectivity index (χ2v) is 7.57. The van der Waals surface area contributed by atoms with Crippen LogP contribution in [0.2, 0.25) is 0 Å². The summed E-state index contributed by atoms with van der Waals surface area (Å²) in [6, 6.07) is 3.42. The summed E-state index contributed by atoms with van der Waals surface area (Å²) in [5, 5.41) is 9.79. The summed E-state index contributed by atoms with van der Waals surface area (Å²) in [6.07, 6.45) is 2.80. The summed E-state index contributed by atoms with van der Waals surface area (Å²) in [5.74, 6) is -1.16. The van der Waals surface area contributed by atoms with Crippen LogP contribution in [0, 0.1) is 17.0 Å². The average Bonchev–Trinajstić information content (AvgIpc) is 2.84. The normalized spacial score (nSPS) is 21.9. The molecule has 138 valence electrons. The van der Waals surface area contributed by atoms with Crippen LogP contribution in [0.4, 0.5) is 8.78 Å². The van der Waals surface area contributed by atoms with Gasteiger partial charge in [-0.15, -0.1) is 0 Å². The molecular weight excluding hydrogens is 326 g/mol. The van der Waals surface area contributed by atoms with Crippen LogP contribution in [0.5, 0.6) is 0 Å². The zero-order chi connectivity index (χ0) is 18.0. The molecule has 6 heteroatoms. The predicted molar refractivity (Wildman–Crippen MR) is 90.8 cm³/mol. The number of nitrogens with zero attached hydrogens (tertiary/aromatic N) is 2. The number of aliphatic hydroxyl groups excluding tert-OH is 1. The van der Waals surface area contributed by atoms with Gasteiger partial charge in [0, 0.05) is 32.1 Å². The van der Waals surface area contributed by atoms with Crippen molar-refractivity contribution < 1.29 is 18.7 Å². The Kier molecular flexibility index (Phi) is 5.39. The van der Waals surface area contributed by atoms with Crippen LogP contribution in [-0.2, 0) is 11.3 Å². The third-order valence-electron chi connectivity index (χ3n) is 5.56. The molecule has 2 saturated heterocycles. The van der Waals surface area contributed by atoms with Crippen molar-refractivity contribution >= 4 is 5.91 Å². The molecule has 0 aromatic heterocycles. The Morgan fingerprint density at radius 1 is 1.20 bits per heavy atom. The predicted octanol–water partition coefficient (Wildman–Crippen LogP) is 2.55. The van der Waals surface area contributed by atoms with E-state index in [1.165, 1.54) is 12.1 Å². The molecule has 3 rings (SSSR count). The van der Waals surface area contributed by atoms with E-state index in [9.17, 15) is 18.7 Å². The molecule has 2 aliphatic rings. The van der Waals surface area contributed by atoms with E-state index in [1.807, 2.05) is 6.92 Å². The highest BCUT2D eigenvalue weighted by Crippen LogP contribution is 2.41. The molecule has 2 aliphatic heterocycles. The van der Waals surface area contributed by atoms with Crippen LogP contribution in [0.3, 0.4) is 0 Å². The number of hydrogen-bond donors (Lipinski definition) is 1. The molecule has 1 aromatic rings. The lowest BCUT2D eigenvalue weighted by Gasteiger charge is -2.39. The number of β-amino-alcohol motifs (C(OH)–C–C–N with tert-alkyl or cyclic N) is 1. The van der Waals surface area contributed by atoms with Crippen molar-refractivity contribution in [2.24, 2.45) is 5.41 Å². The smallest absolute Gasteiger partial charge is 0.223 e. The van der Waals surface area contributed by atoms with Crippen molar-refractivity contribution in [2.45, 2.75) is 45.3 Å². The van der Waals surface area contributed by atoms with E-state index in [2.05, 4.69) is 4.90 Å². The molecule has 0 radical (unpaired) electrons. The van der Waals surface area contributed by atoms with Gasteiger partial charge in [-0.2, -0.15) is 0 Å². The fourth-order valence-electron chi connectivity index (χ4n) is 4.02. The van der Waals surface area contributed by atoms with Crippen LogP contribution in [-0.4, -0.2) is 53.1 Å². The zero-order valence-corrected chi connectivity index (χ0v) is 14.7. The Hall–Kier alpha value is -1.53. The highest BCUT2D eigenvalue weighted by atomic mass is 19.1. The number of amides is 1. The van der Waals surface area contributed by atoms with Gasteiger partial charge in [0.15, 0.2) is 0 Å². The van der Waals surface area contributed by atoms with Gasteiger partial charge in [-0.1, -0.05) is 6.92 Å². The Bertz CT molecular complexity index is 610. The molecule has 4 nitrogen and oxygen atoms in total. The van der Waals surface area contributed by atoms with E-state index < -0.39 is 11.6 Å². The number of halogens is 2. The fourth-order valence-corrected chi connectivity index (χ4v) is 4.02. The topological polar surface area (TPSA) is 43.8 Å². The summed E-state index contributed by atoms with van der Waals surface area (Å²) in [7, 11) is 0. The number of aliphatic hydroxyl groups is 1. The number of benzene rings is 1. The van der Waals surface area contributed by atoms with Crippen LogP contribution in [0.1, 0.15) is 38.2 Å². The summed E-state index contributed by atoms with van der Waals surface area (Å²) >= 11 is 0. The molecule has 1 atom stereocenters. The van der Waals surface area contributed by atoms with E-state index in [-0.39, 0.29) is 24.0 Å². The number of carbonyl (C=O) groups excluding carboxylic acids is 1. The van der Waals surface area contributed by atoms with Crippen molar-refractivity contribution in [3.8, 4) is 0 Å². The molecule has 0 bridgehead atoms. The van der Waals surface area contributed by atoms with E-state index >= 15 is 0 Å². The summed E-state index contributed by atoms with van der Waals surface area (Å²) in [5.41, 5.74) is 0.461. The van der Waals surface area contributed by atoms with E-state index in [4.69, 9.17) is 0 Å². The second-order valence-electron chi connectivity index (χ2n) is 7.57. The molecule has 1 spiro atoms. The first-order valence-electron chi connectivity index (χ1n) is 9.02. The van der Waals surface area contributed by atoms with Gasteiger partial charge in [0.2, 0.25) is 5.91 Å². The minimum Gasteiger partial charge on any atom is -0.392 e. The van der Waals surface area contributed by atoms with Crippen LogP contribution in [0.15, 0.2) is 18.2 Å². The molecule has 25 heavy (non-hydrogen) atoms. The number of piperidine rings is 1. The Labute approximate surface area is 147 Å². The minimum atomic E-state index is -0.612. The maximum Gasteiger partial charge on any atom is 0.223 e. The number of hydrogen-bond acceptors (Lipinski definition) is 3. The monoisotopic (exact) mass is 352 g/mol. The molecule has 0 aliphatic carbocycles. The van der Waals surface area contributed by atoms with Crippen molar-refractivity contribution in [3.63, 3.8) is 0 Å². The molecule has 0 unspecified atom stereocenters. The summed E-state index contributed by atoms with van der Waals surface area (Å²) in [4.78, 5) is 16.4. The summed E-state index contributed by atoms with van der Waals surface area (Å²) < 4.78 is 26.7. The van der Waals surface area contributed by atoms with E-state index in [0.29, 0.717) is 25.1 Å². The molecule has 2 heterocycles. The quantitative estimate of drug-likeness (QED) is 0.886. The molecule has 2 fully saturated rings. The van der Waals surface area contributed by atoms with Gasteiger partial charge in [0.05, 0.1) is 6.10 Å². The first-order chi connectivity index (χ1) is 11.9. The first kappa shape index (κ1) is 18.3. The molecular formula is C19H26F2N2O2. The molecule has 1 aromatic carbocycles. The van der Waals surface area contributed by atoms with Gasteiger partial charge >= 0.3 is 0 Å². The first-order valence-corrected chi connectivity index (χ1v) is 9.02. The fraction of sp³-hybridized carbons (Fsp3) is 0.632. The minimum absolute atomic E-state index is 0.0311. The van der Waals surface area contributed by atoms with Gasteiger partial charge in [-0.05, 0) is 55.5 Å². The van der Waals surface area contributed by atoms with E-state index in [1.54, 1.807) is 4.90 Å². The average molecular weight is 352 g/mol. The summed E-state index contributed by atoms with van der Waals surface area (Å²) in [6.45, 7) is 5.33. The van der Waals surface area contributed by atoms with Crippen molar-refractivity contribution in [2.75, 3.05) is 26.2 Å². The van der Waals surface area contributed by atoms with Crippen molar-refractivity contribution in [1.82, 2.24) is 9.80 Å². The molecule has 1 N–H and O–H groups in total. The lowest BCUT2D eigenvalue weighted by atomic mass is 9.77. The number of likely N-dealkylation sites (tertiary alicyclic amines) is 2. The Balaban J connectivity index is 1.59. The van der Waals surface area contributed by atoms with Gasteiger partial charge < -0.3 is 14.9 Å². The van der Waals surface area contributed by atoms with Crippen molar-refractivity contribution in [1.29, 1.82) is 0 Å². The van der Waals surface area contributed by atoms with Crippen LogP contribution < -0.4 is 0 Å². The maximum atomic E-state index is 13.4. The van der Waals surface area contributed by atoms with Crippen LogP contribution >= 0.6 is 0 Å². The molecule has 0 saturated carbocycles. The number of rotatable bonds is 5. The lowest BCUT2D eigenvalue weighted by molar-refractivity contribution is -0.128. The highest BCUT2D eigenvalue weighted by molar-refractivity contribution is 5.79. The van der Waals surface area contributed by atoms with Gasteiger partial charge in [0.25, 0.3) is 0 Å². The highest BCUT2D eigenvalue weighted by Gasteiger charge is 2.44. The standard InChI is InChI=1S/C19H26F2N2O2/c1-2-17(24)12-22-5-3-19(4-6-22)10-18(25)23(13-19)11-14-7-15(20)9-16(21)8-14/h7-9,17,24H,2-6,10-13H2,1H3/t17-/m0/s1. The van der Waals surface area contributed by atoms with Gasteiger partial charge in [-0.25, -0.2) is 8.78 Å². The van der Waals surface area contributed by atoms with Gasteiger partial charge in [0.1, 0.15) is 11.6 Å². The third kappa shape index (κ3) is 4.36. The second kappa shape index (κ2) is 7.38. The third-order valence-corrected chi connectivity index (χ3v) is 5.56. The van der Waals surface area contributed by atoms with Crippen LogP contribution in [0.25, 0.3) is 0 Å². The maximum absolute atomic E-state index is 13.4. The molecule has 1 amide bonds. The largest absolute Gasteiger partial charge is 0.392 e. The number of carbonyl (C=O) groups is 1.